The van der Waals surface area contributed by atoms with Gasteiger partial charge in [-0.25, -0.2) is 0 Å². The summed E-state index contributed by atoms with van der Waals surface area (Å²) in [6.45, 7) is 0.572. The molecule has 1 rings (SSSR count). The van der Waals surface area contributed by atoms with E-state index < -0.39 is 0 Å². The number of quaternary nitrogens is 1. The number of carbonyl (C=O) groups excluding carboxylic acids is 1. The van der Waals surface area contributed by atoms with Gasteiger partial charge in [0.15, 0.2) is 0 Å². The van der Waals surface area contributed by atoms with E-state index in [9.17, 15) is 4.79 Å². The minimum Gasteiger partial charge on any atom is -0.325 e. The van der Waals surface area contributed by atoms with Gasteiger partial charge < -0.3 is 4.48 Å². The second-order valence-corrected chi connectivity index (χ2v) is 5.93. The maximum absolute atomic E-state index is 11.9. The Kier molecular flexibility index (Phi) is 4.28. The van der Waals surface area contributed by atoms with Crippen LogP contribution in [0.25, 0.3) is 0 Å². The standard InChI is InChI=1S/C12H17INO/c1-14(2,3)9-11(15)12(13)10-7-5-4-6-8-10/h4-8,12H,9H2,1-3H3/q+1. The molecule has 0 saturated heterocycles. The molecule has 82 valence electrons. The molecule has 0 aromatic heterocycles. The molecular formula is C12H17INO+. The number of halogens is 1. The average Bonchev–Trinajstić information content (AvgIpc) is 2.15. The molecule has 2 nitrogen and oxygen atoms in total. The number of hydrogen-bond acceptors (Lipinski definition) is 1. The van der Waals surface area contributed by atoms with Crippen molar-refractivity contribution >= 4 is 28.4 Å². The van der Waals surface area contributed by atoms with Crippen molar-refractivity contribution in [1.29, 1.82) is 0 Å². The third-order valence-electron chi connectivity index (χ3n) is 2.01. The van der Waals surface area contributed by atoms with Crippen LogP contribution in [0.3, 0.4) is 0 Å². The largest absolute Gasteiger partial charge is 0.325 e. The van der Waals surface area contributed by atoms with Crippen LogP contribution in [-0.4, -0.2) is 38.0 Å². The number of likely N-dealkylation sites (N-methyl/N-ethyl adjacent to an activating group) is 1. The molecule has 1 unspecified atom stereocenters. The Morgan fingerprint density at radius 1 is 1.27 bits per heavy atom. The zero-order chi connectivity index (χ0) is 11.5. The second-order valence-electron chi connectivity index (χ2n) is 4.69. The van der Waals surface area contributed by atoms with Gasteiger partial charge in [-0.15, -0.1) is 0 Å². The van der Waals surface area contributed by atoms with Crippen LogP contribution in [0.15, 0.2) is 30.3 Å². The summed E-state index contributed by atoms with van der Waals surface area (Å²) in [6.07, 6.45) is 0. The highest BCUT2D eigenvalue weighted by molar-refractivity contribution is 14.1. The fourth-order valence-electron chi connectivity index (χ4n) is 1.36. The molecule has 0 N–H and O–H groups in total. The van der Waals surface area contributed by atoms with Crippen molar-refractivity contribution in [3.05, 3.63) is 35.9 Å². The lowest BCUT2D eigenvalue weighted by Crippen LogP contribution is -2.40. The third kappa shape index (κ3) is 4.30. The number of ketones is 1. The van der Waals surface area contributed by atoms with Gasteiger partial charge in [0.2, 0.25) is 5.78 Å². The van der Waals surface area contributed by atoms with Gasteiger partial charge in [0.25, 0.3) is 0 Å². The second kappa shape index (κ2) is 5.07. The van der Waals surface area contributed by atoms with E-state index >= 15 is 0 Å². The van der Waals surface area contributed by atoms with E-state index in [0.29, 0.717) is 11.0 Å². The summed E-state index contributed by atoms with van der Waals surface area (Å²) in [5, 5.41) is 0. The number of nitrogens with zero attached hydrogens (tertiary/aromatic N) is 1. The maximum Gasteiger partial charge on any atom is 0.203 e. The Bertz CT molecular complexity index is 329. The van der Waals surface area contributed by atoms with Gasteiger partial charge >= 0.3 is 0 Å². The highest BCUT2D eigenvalue weighted by Crippen LogP contribution is 2.24. The molecule has 0 spiro atoms. The Morgan fingerprint density at radius 3 is 2.27 bits per heavy atom. The fraction of sp³-hybridized carbons (Fsp3) is 0.417. The monoisotopic (exact) mass is 318 g/mol. The van der Waals surface area contributed by atoms with Crippen LogP contribution in [0.5, 0.6) is 0 Å². The first-order valence-electron chi connectivity index (χ1n) is 4.92. The average molecular weight is 318 g/mol. The predicted molar refractivity (Wildman–Crippen MR) is 71.1 cm³/mol. The van der Waals surface area contributed by atoms with E-state index in [1.165, 1.54) is 0 Å². The molecule has 0 bridgehead atoms. The molecule has 1 aromatic carbocycles. The summed E-state index contributed by atoms with van der Waals surface area (Å²) in [5.41, 5.74) is 1.09. The van der Waals surface area contributed by atoms with Gasteiger partial charge in [0.1, 0.15) is 10.5 Å². The molecule has 3 heteroatoms. The van der Waals surface area contributed by atoms with Crippen molar-refractivity contribution in [2.24, 2.45) is 0 Å². The minimum absolute atomic E-state index is 0.0267. The molecule has 1 aromatic rings. The van der Waals surface area contributed by atoms with Crippen LogP contribution in [0, 0.1) is 0 Å². The van der Waals surface area contributed by atoms with E-state index in [2.05, 4.69) is 22.6 Å². The van der Waals surface area contributed by atoms with Crippen LogP contribution >= 0.6 is 22.6 Å². The van der Waals surface area contributed by atoms with Gasteiger partial charge in [-0.2, -0.15) is 0 Å². The van der Waals surface area contributed by atoms with Gasteiger partial charge in [0.05, 0.1) is 21.1 Å². The number of carbonyl (C=O) groups is 1. The Morgan fingerprint density at radius 2 is 1.80 bits per heavy atom. The summed E-state index contributed by atoms with van der Waals surface area (Å²) in [4.78, 5) is 11.9. The Hall–Kier alpha value is -0.420. The molecular weight excluding hydrogens is 301 g/mol. The first-order chi connectivity index (χ1) is 6.90. The molecule has 0 aliphatic rings. The number of alkyl halides is 1. The SMILES string of the molecule is C[N+](C)(C)CC(=O)C(I)c1ccccc1. The molecule has 1 atom stereocenters. The van der Waals surface area contributed by atoms with Crippen LogP contribution in [0.4, 0.5) is 0 Å². The summed E-state index contributed by atoms with van der Waals surface area (Å²) in [6, 6.07) is 9.92. The van der Waals surface area contributed by atoms with Crippen LogP contribution < -0.4 is 0 Å². The first kappa shape index (κ1) is 12.6. The molecule has 0 radical (unpaired) electrons. The number of Topliss-reactive ketones (excluding diaryl/α,β-unsaturated/α-hetero) is 1. The zero-order valence-corrected chi connectivity index (χ0v) is 11.6. The van der Waals surface area contributed by atoms with Crippen LogP contribution in [-0.2, 0) is 4.79 Å². The van der Waals surface area contributed by atoms with Crippen LogP contribution in [0.2, 0.25) is 0 Å². The summed E-state index contributed by atoms with van der Waals surface area (Å²) in [5.74, 6) is 0.286. The molecule has 15 heavy (non-hydrogen) atoms. The maximum atomic E-state index is 11.9. The van der Waals surface area contributed by atoms with E-state index in [1.807, 2.05) is 51.5 Å². The lowest BCUT2D eigenvalue weighted by atomic mass is 10.1. The lowest BCUT2D eigenvalue weighted by molar-refractivity contribution is -0.862. The zero-order valence-electron chi connectivity index (χ0n) is 9.40. The van der Waals surface area contributed by atoms with Crippen molar-refractivity contribution in [3.8, 4) is 0 Å². The molecule has 0 amide bonds. The quantitative estimate of drug-likeness (QED) is 0.473. The highest BCUT2D eigenvalue weighted by atomic mass is 127. The van der Waals surface area contributed by atoms with E-state index in [1.54, 1.807) is 0 Å². The van der Waals surface area contributed by atoms with Crippen molar-refractivity contribution in [1.82, 2.24) is 0 Å². The van der Waals surface area contributed by atoms with Gasteiger partial charge in [-0.05, 0) is 5.56 Å². The topological polar surface area (TPSA) is 17.1 Å². The molecule has 0 fully saturated rings. The molecule has 0 aliphatic heterocycles. The Labute approximate surface area is 105 Å². The minimum atomic E-state index is -0.0267. The van der Waals surface area contributed by atoms with Crippen LogP contribution in [0.1, 0.15) is 9.49 Å². The molecule has 0 saturated carbocycles. The smallest absolute Gasteiger partial charge is 0.203 e. The first-order valence-corrected chi connectivity index (χ1v) is 6.17. The van der Waals surface area contributed by atoms with E-state index in [0.717, 1.165) is 5.56 Å². The van der Waals surface area contributed by atoms with Crippen molar-refractivity contribution in [2.75, 3.05) is 27.7 Å². The summed E-state index contributed by atoms with van der Waals surface area (Å²) < 4.78 is 0.659. The molecule has 0 heterocycles. The van der Waals surface area contributed by atoms with Gasteiger partial charge in [-0.3, -0.25) is 4.79 Å². The highest BCUT2D eigenvalue weighted by Gasteiger charge is 2.22. The van der Waals surface area contributed by atoms with Gasteiger partial charge in [-0.1, -0.05) is 52.9 Å². The predicted octanol–water partition coefficient (Wildman–Crippen LogP) is 2.44. The Balaban J connectivity index is 2.70. The molecule has 0 aliphatic carbocycles. The van der Waals surface area contributed by atoms with Crippen molar-refractivity contribution in [3.63, 3.8) is 0 Å². The number of rotatable bonds is 4. The normalized spacial score (nSPS) is 13.6. The van der Waals surface area contributed by atoms with Gasteiger partial charge in [0, 0.05) is 0 Å². The fourth-order valence-corrected chi connectivity index (χ4v) is 1.97. The number of hydrogen-bond donors (Lipinski definition) is 0. The third-order valence-corrected chi connectivity index (χ3v) is 3.42. The van der Waals surface area contributed by atoms with Crippen molar-refractivity contribution in [2.45, 2.75) is 3.92 Å². The number of benzene rings is 1. The summed E-state index contributed by atoms with van der Waals surface area (Å²) >= 11 is 2.21. The summed E-state index contributed by atoms with van der Waals surface area (Å²) in [7, 11) is 6.10. The van der Waals surface area contributed by atoms with E-state index in [4.69, 9.17) is 0 Å². The van der Waals surface area contributed by atoms with Crippen molar-refractivity contribution < 1.29 is 9.28 Å². The van der Waals surface area contributed by atoms with E-state index in [-0.39, 0.29) is 9.71 Å². The lowest BCUT2D eigenvalue weighted by Gasteiger charge is -2.24.